The van der Waals surface area contributed by atoms with Crippen LogP contribution in [-0.2, 0) is 9.47 Å². The molecule has 4 aliphatic heterocycles. The minimum Gasteiger partial charge on any atom is -0.373 e. The van der Waals surface area contributed by atoms with E-state index in [1.807, 2.05) is 0 Å². The zero-order chi connectivity index (χ0) is 42.7. The molecule has 22 heteroatoms. The summed E-state index contributed by atoms with van der Waals surface area (Å²) in [5, 5.41) is 3.39. The Morgan fingerprint density at radius 1 is 0.696 bits per heavy atom. The molecule has 0 amide bonds. The Hall–Kier alpha value is -4.34. The van der Waals surface area contributed by atoms with Crippen LogP contribution in [0.1, 0.15) is 34.5 Å². The number of fused-ring (bicyclic) bond motifs is 6. The second-order valence-electron chi connectivity index (χ2n) is 13.0. The Labute approximate surface area is 306 Å². The molecule has 0 aliphatic carbocycles. The van der Waals surface area contributed by atoms with E-state index in [2.05, 4.69) is 29.8 Å². The van der Waals surface area contributed by atoms with E-state index in [0.717, 1.165) is 12.2 Å². The van der Waals surface area contributed by atoms with Crippen LogP contribution in [-0.4, -0.2) is 82.9 Å². The van der Waals surface area contributed by atoms with Crippen molar-refractivity contribution in [3.05, 3.63) is 82.0 Å². The Morgan fingerprint density at radius 2 is 1.16 bits per heavy atom. The first-order valence-electron chi connectivity index (χ1n) is 16.6. The van der Waals surface area contributed by atoms with Gasteiger partial charge in [-0.1, -0.05) is 0 Å². The summed E-state index contributed by atoms with van der Waals surface area (Å²) in [6, 6.07) is 3.24. The number of aromatic nitrogens is 1. The lowest BCUT2D eigenvalue weighted by Gasteiger charge is -2.39. The lowest BCUT2D eigenvalue weighted by Crippen LogP contribution is -2.57. The number of aliphatic imine (C=N–C) groups is 2. The third-order valence-corrected chi connectivity index (χ3v) is 8.58. The number of aromatic amines is 1. The van der Waals surface area contributed by atoms with Gasteiger partial charge in [0.1, 0.15) is 0 Å². The van der Waals surface area contributed by atoms with Crippen LogP contribution in [0.2, 0.25) is 0 Å². The first kappa shape index (κ1) is 41.3. The number of ether oxygens (including phenoxy) is 2. The van der Waals surface area contributed by atoms with Crippen molar-refractivity contribution in [3.63, 3.8) is 0 Å². The van der Waals surface area contributed by atoms with Crippen LogP contribution in [0.25, 0.3) is 12.2 Å². The van der Waals surface area contributed by atoms with Gasteiger partial charge in [0, 0.05) is 24.2 Å². The molecule has 0 spiro atoms. The van der Waals surface area contributed by atoms with Crippen LogP contribution in [0.4, 0.5) is 70.2 Å². The number of hydrogen-bond donors (Lipinski definition) is 2. The van der Waals surface area contributed by atoms with Gasteiger partial charge in [-0.2, -0.15) is 61.5 Å². The van der Waals surface area contributed by atoms with Gasteiger partial charge in [0.2, 0.25) is 0 Å². The number of nitrogens with zero attached hydrogens (tertiary/aromatic N) is 2. The SMILES string of the molecule is [2H]C1C(C(C)OC(F)(F)C(F)(F)C(F)CC(F)(F)F)=C2C=C3C=CC(=N3)C=c3ccc([nH]3)=CC3=NC(=CC1(C(C)OC(F)(F)C(F)(F)C(F)CC(F)(F)F)N2)C=C3. The van der Waals surface area contributed by atoms with Gasteiger partial charge >= 0.3 is 36.4 Å². The minimum absolute atomic E-state index is 0.125. The van der Waals surface area contributed by atoms with Crippen molar-refractivity contribution in [3.8, 4) is 0 Å². The van der Waals surface area contributed by atoms with Crippen molar-refractivity contribution < 1.29 is 81.1 Å². The molecule has 1 aromatic rings. The molecular formula is C34H28F16N4O2. The Kier molecular flexibility index (Phi) is 10.7. The third-order valence-electron chi connectivity index (χ3n) is 8.58. The lowest BCUT2D eigenvalue weighted by molar-refractivity contribution is -0.381. The second-order valence-corrected chi connectivity index (χ2v) is 13.0. The van der Waals surface area contributed by atoms with Gasteiger partial charge in [0.15, 0.2) is 12.3 Å². The van der Waals surface area contributed by atoms with Gasteiger partial charge in [-0.3, -0.25) is 0 Å². The molecule has 6 atom stereocenters. The number of rotatable bonds is 12. The molecule has 5 heterocycles. The van der Waals surface area contributed by atoms with Crippen molar-refractivity contribution in [1.29, 1.82) is 0 Å². The van der Waals surface area contributed by atoms with Crippen molar-refractivity contribution in [1.82, 2.24) is 10.3 Å². The normalized spacial score (nSPS) is 24.3. The first-order chi connectivity index (χ1) is 26.0. The lowest BCUT2D eigenvalue weighted by atomic mass is 9.86. The fourth-order valence-electron chi connectivity index (χ4n) is 5.76. The minimum atomic E-state index is -6.20. The summed E-state index contributed by atoms with van der Waals surface area (Å²) in [5.41, 5.74) is -4.46. The number of hydrogen-bond acceptors (Lipinski definition) is 5. The van der Waals surface area contributed by atoms with E-state index in [1.54, 1.807) is 12.1 Å². The average molecular weight is 830 g/mol. The Bertz CT molecular complexity index is 2080. The molecule has 6 nitrogen and oxygen atoms in total. The number of H-pyrrole nitrogens is 1. The summed E-state index contributed by atoms with van der Waals surface area (Å²) < 4.78 is 241. The van der Waals surface area contributed by atoms with E-state index < -0.39 is 97.0 Å². The van der Waals surface area contributed by atoms with E-state index in [-0.39, 0.29) is 22.8 Å². The maximum absolute atomic E-state index is 15.2. The van der Waals surface area contributed by atoms with Gasteiger partial charge in [0.05, 0.1) is 53.4 Å². The van der Waals surface area contributed by atoms with Gasteiger partial charge < -0.3 is 19.8 Å². The maximum atomic E-state index is 15.2. The molecule has 0 saturated carbocycles. The molecule has 4 aliphatic rings. The Morgan fingerprint density at radius 3 is 1.66 bits per heavy atom. The molecule has 2 N–H and O–H groups in total. The summed E-state index contributed by atoms with van der Waals surface area (Å²) >= 11 is 0. The third kappa shape index (κ3) is 9.10. The zero-order valence-electron chi connectivity index (χ0n) is 29.3. The van der Waals surface area contributed by atoms with Gasteiger partial charge in [-0.25, -0.2) is 18.8 Å². The highest BCUT2D eigenvalue weighted by Gasteiger charge is 2.68. The monoisotopic (exact) mass is 829 g/mol. The second kappa shape index (κ2) is 14.6. The van der Waals surface area contributed by atoms with Crippen LogP contribution in [0.3, 0.4) is 0 Å². The molecule has 0 radical (unpaired) electrons. The molecule has 0 saturated heterocycles. The molecule has 5 rings (SSSR count). The highest BCUT2D eigenvalue weighted by Crippen LogP contribution is 2.48. The largest absolute Gasteiger partial charge is 0.423 e. The van der Waals surface area contributed by atoms with E-state index >= 15 is 8.78 Å². The summed E-state index contributed by atoms with van der Waals surface area (Å²) in [4.78, 5) is 11.5. The van der Waals surface area contributed by atoms with Gasteiger partial charge in [-0.15, -0.1) is 0 Å². The van der Waals surface area contributed by atoms with Crippen LogP contribution in [0.5, 0.6) is 0 Å². The molecule has 308 valence electrons. The smallest absolute Gasteiger partial charge is 0.373 e. The first-order valence-corrected chi connectivity index (χ1v) is 16.1. The fourth-order valence-corrected chi connectivity index (χ4v) is 5.76. The average Bonchev–Trinajstić information content (AvgIpc) is 3.84. The van der Waals surface area contributed by atoms with Crippen molar-refractivity contribution in [2.75, 3.05) is 0 Å². The highest BCUT2D eigenvalue weighted by molar-refractivity contribution is 6.20. The predicted octanol–water partition coefficient (Wildman–Crippen LogP) is 8.21. The molecule has 8 bridgehead atoms. The van der Waals surface area contributed by atoms with Crippen molar-refractivity contribution in [2.45, 2.75) is 99.6 Å². The van der Waals surface area contributed by atoms with Crippen LogP contribution >= 0.6 is 0 Å². The van der Waals surface area contributed by atoms with E-state index in [0.29, 0.717) is 24.5 Å². The fraction of sp³-hybridized carbons (Fsp3) is 0.471. The summed E-state index contributed by atoms with van der Waals surface area (Å²) in [6.07, 6.45) is -36.7. The maximum Gasteiger partial charge on any atom is 0.423 e. The Balaban J connectivity index is 1.66. The predicted molar refractivity (Wildman–Crippen MR) is 168 cm³/mol. The van der Waals surface area contributed by atoms with Crippen LogP contribution in [0, 0.1) is 0 Å². The summed E-state index contributed by atoms with van der Waals surface area (Å²) in [6.45, 7) is 1.09. The number of nitrogens with one attached hydrogen (secondary N) is 2. The summed E-state index contributed by atoms with van der Waals surface area (Å²) in [5.74, 6) is -12.4. The molecule has 0 aromatic carbocycles. The number of halogens is 16. The quantitative estimate of drug-likeness (QED) is 0.209. The topological polar surface area (TPSA) is 71.0 Å². The number of allylic oxidation sites excluding steroid dienone is 5. The molecule has 6 unspecified atom stereocenters. The molecular weight excluding hydrogens is 800 g/mol. The van der Waals surface area contributed by atoms with Crippen molar-refractivity contribution in [2.24, 2.45) is 9.98 Å². The number of alkyl halides is 16. The standard InChI is InChI=1S/C34H28F16N4O2/c1-16(55-33(47,48)31(43,44)26(35)14-29(37,38)39)24-13-28(17(2)56-34(49,50)32(45,46)27(36)15-30(40,41)42)12-23-8-7-21(53-23)10-19-4-3-18(51-19)9-20-5-6-22(52-20)11-25(24)54-28/h3-12,16-17,26-27,51,54H,13-15H2,1-2H3/i13D. The zero-order valence-corrected chi connectivity index (χ0v) is 28.3. The van der Waals surface area contributed by atoms with Gasteiger partial charge in [0.25, 0.3) is 0 Å². The van der Waals surface area contributed by atoms with Crippen molar-refractivity contribution >= 4 is 23.6 Å². The molecule has 0 fully saturated rings. The molecule has 1 aromatic heterocycles. The van der Waals surface area contributed by atoms with E-state index in [9.17, 15) is 61.5 Å². The van der Waals surface area contributed by atoms with E-state index in [1.165, 1.54) is 36.5 Å². The van der Waals surface area contributed by atoms with Gasteiger partial charge in [-0.05, 0) is 80.2 Å². The summed E-state index contributed by atoms with van der Waals surface area (Å²) in [7, 11) is 0. The van der Waals surface area contributed by atoms with E-state index in [4.69, 9.17) is 1.37 Å². The van der Waals surface area contributed by atoms with Crippen LogP contribution < -0.4 is 16.0 Å². The van der Waals surface area contributed by atoms with Crippen LogP contribution in [0.15, 0.2) is 81.2 Å². The highest BCUT2D eigenvalue weighted by atomic mass is 19.4. The molecule has 56 heavy (non-hydrogen) atoms.